The number of ketones is 2. The molecule has 0 N–H and O–H groups in total. The van der Waals surface area contributed by atoms with Crippen LogP contribution in [0.1, 0.15) is 44.7 Å². The monoisotopic (exact) mass is 504 g/mol. The van der Waals surface area contributed by atoms with E-state index < -0.39 is 28.1 Å². The molecule has 5 rings (SSSR count). The number of Topliss-reactive ketones (excluding diaryl/α,β-unsaturated/α-hetero) is 2. The van der Waals surface area contributed by atoms with Crippen molar-refractivity contribution >= 4 is 11.6 Å². The number of ether oxygens (including phenoxy) is 4. The lowest BCUT2D eigenvalue weighted by Crippen LogP contribution is -2.56. The minimum absolute atomic E-state index is 0.0584. The van der Waals surface area contributed by atoms with Gasteiger partial charge in [0.2, 0.25) is 0 Å². The molecule has 0 spiro atoms. The van der Waals surface area contributed by atoms with Crippen LogP contribution in [0, 0.1) is 16.2 Å². The lowest BCUT2D eigenvalue weighted by Gasteiger charge is -2.48. The Morgan fingerprint density at radius 3 is 2.05 bits per heavy atom. The van der Waals surface area contributed by atoms with Crippen LogP contribution in [0.3, 0.4) is 0 Å². The summed E-state index contributed by atoms with van der Waals surface area (Å²) in [6.45, 7) is 11.6. The topological polar surface area (TPSA) is 71.1 Å². The van der Waals surface area contributed by atoms with Gasteiger partial charge in [0, 0.05) is 30.4 Å². The van der Waals surface area contributed by atoms with E-state index >= 15 is 0 Å². The van der Waals surface area contributed by atoms with Crippen LogP contribution in [0.15, 0.2) is 72.8 Å². The van der Waals surface area contributed by atoms with E-state index in [0.29, 0.717) is 25.4 Å². The van der Waals surface area contributed by atoms with E-state index in [-0.39, 0.29) is 37.6 Å². The molecule has 3 aliphatic rings. The van der Waals surface area contributed by atoms with Gasteiger partial charge in [-0.15, -0.1) is 0 Å². The Balaban J connectivity index is 1.51. The Labute approximate surface area is 218 Å². The molecule has 2 aromatic carbocycles. The van der Waals surface area contributed by atoms with Crippen LogP contribution >= 0.6 is 0 Å². The second-order valence-corrected chi connectivity index (χ2v) is 11.0. The highest BCUT2D eigenvalue weighted by molar-refractivity contribution is 6.13. The van der Waals surface area contributed by atoms with Gasteiger partial charge in [-0.1, -0.05) is 74.2 Å². The molecule has 0 unspecified atom stereocenters. The van der Waals surface area contributed by atoms with Crippen LogP contribution in [0.5, 0.6) is 0 Å². The molecule has 3 fully saturated rings. The predicted molar refractivity (Wildman–Crippen MR) is 138 cm³/mol. The molecule has 1 heterocycles. The molecule has 5 atom stereocenters. The van der Waals surface area contributed by atoms with Gasteiger partial charge in [-0.25, -0.2) is 0 Å². The lowest BCUT2D eigenvalue weighted by atomic mass is 9.61. The number of benzene rings is 2. The third-order valence-corrected chi connectivity index (χ3v) is 9.11. The molecule has 0 amide bonds. The van der Waals surface area contributed by atoms with Crippen LogP contribution in [0.4, 0.5) is 0 Å². The number of rotatable bonds is 10. The number of carbonyl (C=O) groups is 2. The van der Waals surface area contributed by atoms with Crippen molar-refractivity contribution in [1.29, 1.82) is 0 Å². The van der Waals surface area contributed by atoms with Crippen molar-refractivity contribution in [3.63, 3.8) is 0 Å². The first-order valence-electron chi connectivity index (χ1n) is 13.0. The molecule has 0 aromatic heterocycles. The molecule has 2 aromatic rings. The summed E-state index contributed by atoms with van der Waals surface area (Å²) in [6, 6.07) is 19.8. The van der Waals surface area contributed by atoms with E-state index in [1.54, 1.807) is 0 Å². The summed E-state index contributed by atoms with van der Waals surface area (Å²) >= 11 is 0. The number of hydrogen-bond acceptors (Lipinski definition) is 6. The quantitative estimate of drug-likeness (QED) is 0.422. The molecule has 37 heavy (non-hydrogen) atoms. The van der Waals surface area contributed by atoms with Crippen molar-refractivity contribution in [2.45, 2.75) is 58.7 Å². The Bertz CT molecular complexity index is 1180. The third-order valence-electron chi connectivity index (χ3n) is 9.11. The second kappa shape index (κ2) is 9.59. The average Bonchev–Trinajstić information content (AvgIpc) is 3.37. The van der Waals surface area contributed by atoms with E-state index in [9.17, 15) is 9.59 Å². The number of carbonyl (C=O) groups excluding carboxylic acids is 2. The second-order valence-electron chi connectivity index (χ2n) is 11.0. The molecular formula is C31H36O6. The smallest absolute Gasteiger partial charge is 0.162 e. The highest BCUT2D eigenvalue weighted by atomic mass is 16.7. The Hall–Kier alpha value is -2.64. The van der Waals surface area contributed by atoms with Gasteiger partial charge in [-0.3, -0.25) is 9.59 Å². The standard InChI is InChI=1S/C31H36O6/c1-5-36-26-17-30-22(2)25(32)16-31(30,37-26)29(4,21-35-19-24-14-10-7-11-15-24)28(3,27(30)33)20-34-18-23-12-8-6-9-13-23/h6-15,26H,2,5,16-21H2,1,3-4H3/t26-,28-,29-,30+,31+/m1/s1. The third kappa shape index (κ3) is 3.68. The summed E-state index contributed by atoms with van der Waals surface area (Å²) < 4.78 is 25.1. The molecule has 6 heteroatoms. The fourth-order valence-corrected chi connectivity index (χ4v) is 6.96. The van der Waals surface area contributed by atoms with E-state index in [4.69, 9.17) is 18.9 Å². The van der Waals surface area contributed by atoms with Crippen molar-refractivity contribution in [3.05, 3.63) is 83.9 Å². The van der Waals surface area contributed by atoms with E-state index in [2.05, 4.69) is 6.58 Å². The first-order valence-corrected chi connectivity index (χ1v) is 13.0. The predicted octanol–water partition coefficient (Wildman–Crippen LogP) is 5.05. The van der Waals surface area contributed by atoms with Crippen molar-refractivity contribution in [3.8, 4) is 0 Å². The molecule has 196 valence electrons. The molecule has 0 bridgehead atoms. The summed E-state index contributed by atoms with van der Waals surface area (Å²) in [4.78, 5) is 27.8. The van der Waals surface area contributed by atoms with Crippen LogP contribution in [0.25, 0.3) is 0 Å². The summed E-state index contributed by atoms with van der Waals surface area (Å²) in [5.41, 5.74) is -1.70. The van der Waals surface area contributed by atoms with E-state index in [1.807, 2.05) is 81.4 Å². The Morgan fingerprint density at radius 2 is 1.49 bits per heavy atom. The van der Waals surface area contributed by atoms with E-state index in [1.165, 1.54) is 0 Å². The van der Waals surface area contributed by atoms with Gasteiger partial charge < -0.3 is 18.9 Å². The summed E-state index contributed by atoms with van der Waals surface area (Å²) in [7, 11) is 0. The van der Waals surface area contributed by atoms with E-state index in [0.717, 1.165) is 11.1 Å². The highest BCUT2D eigenvalue weighted by Gasteiger charge is 2.86. The Morgan fingerprint density at radius 1 is 0.919 bits per heavy atom. The van der Waals surface area contributed by atoms with Crippen molar-refractivity contribution in [2.24, 2.45) is 16.2 Å². The van der Waals surface area contributed by atoms with Gasteiger partial charge >= 0.3 is 0 Å². The van der Waals surface area contributed by atoms with Crippen molar-refractivity contribution < 1.29 is 28.5 Å². The molecule has 1 aliphatic heterocycles. The zero-order valence-corrected chi connectivity index (χ0v) is 22.0. The maximum atomic E-state index is 14.6. The number of hydrogen-bond donors (Lipinski definition) is 0. The summed E-state index contributed by atoms with van der Waals surface area (Å²) in [5, 5.41) is 0. The SMILES string of the molecule is C=C1C(=O)C[C@@]23O[C@@H](OCC)C[C@@]12C(=O)[C@@](C)(COCc1ccccc1)[C@@]3(C)COCc1ccccc1. The van der Waals surface area contributed by atoms with Gasteiger partial charge in [-0.2, -0.15) is 0 Å². The summed E-state index contributed by atoms with van der Waals surface area (Å²) in [5.74, 6) is -0.179. The fraction of sp³-hybridized carbons (Fsp3) is 0.484. The van der Waals surface area contributed by atoms with Gasteiger partial charge in [0.25, 0.3) is 0 Å². The lowest BCUT2D eigenvalue weighted by molar-refractivity contribution is -0.232. The van der Waals surface area contributed by atoms with Crippen LogP contribution < -0.4 is 0 Å². The fourth-order valence-electron chi connectivity index (χ4n) is 6.96. The molecule has 0 radical (unpaired) electrons. The molecule has 2 aliphatic carbocycles. The van der Waals surface area contributed by atoms with Crippen LogP contribution in [0.2, 0.25) is 0 Å². The zero-order chi connectivity index (χ0) is 26.3. The molecule has 1 saturated heterocycles. The largest absolute Gasteiger partial charge is 0.376 e. The molecule has 6 nitrogen and oxygen atoms in total. The minimum Gasteiger partial charge on any atom is -0.376 e. The van der Waals surface area contributed by atoms with Crippen molar-refractivity contribution in [1.82, 2.24) is 0 Å². The molecule has 2 saturated carbocycles. The normalized spacial score (nSPS) is 34.7. The average molecular weight is 505 g/mol. The van der Waals surface area contributed by atoms with Gasteiger partial charge in [0.05, 0.1) is 37.3 Å². The minimum atomic E-state index is -1.15. The van der Waals surface area contributed by atoms with Crippen LogP contribution in [-0.2, 0) is 41.8 Å². The maximum absolute atomic E-state index is 14.6. The van der Waals surface area contributed by atoms with Gasteiger partial charge in [0.15, 0.2) is 17.9 Å². The van der Waals surface area contributed by atoms with Crippen molar-refractivity contribution in [2.75, 3.05) is 19.8 Å². The van der Waals surface area contributed by atoms with Gasteiger partial charge in [-0.05, 0) is 25.0 Å². The van der Waals surface area contributed by atoms with Crippen LogP contribution in [-0.4, -0.2) is 43.3 Å². The maximum Gasteiger partial charge on any atom is 0.162 e. The zero-order valence-electron chi connectivity index (χ0n) is 22.0. The van der Waals surface area contributed by atoms with Gasteiger partial charge in [0.1, 0.15) is 5.60 Å². The molecular weight excluding hydrogens is 468 g/mol. The first kappa shape index (κ1) is 26.0. The first-order chi connectivity index (χ1) is 17.7. The highest BCUT2D eigenvalue weighted by Crippen LogP contribution is 2.76. The summed E-state index contributed by atoms with van der Waals surface area (Å²) in [6.07, 6.45) is -0.213. The Kier molecular flexibility index (Phi) is 6.73.